The molecule has 3 rings (SSSR count). The fourth-order valence-electron chi connectivity index (χ4n) is 2.87. The average molecular weight is 423 g/mol. The van der Waals surface area contributed by atoms with Crippen LogP contribution in [0.5, 0.6) is 5.88 Å². The van der Waals surface area contributed by atoms with Gasteiger partial charge in [-0.15, -0.1) is 0 Å². The second-order valence-electron chi connectivity index (χ2n) is 6.74. The highest BCUT2D eigenvalue weighted by Gasteiger charge is 2.13. The van der Waals surface area contributed by atoms with Crippen molar-refractivity contribution in [3.8, 4) is 5.88 Å². The van der Waals surface area contributed by atoms with Crippen molar-refractivity contribution in [1.29, 1.82) is 0 Å². The third-order valence-corrected chi connectivity index (χ3v) is 4.77. The maximum Gasteiger partial charge on any atom is 0.264 e. The molecule has 0 aliphatic heterocycles. The molecular weight excluding hydrogens is 400 g/mol. The molecule has 1 heterocycles. The Morgan fingerprint density at radius 2 is 1.93 bits per heavy atom. The maximum absolute atomic E-state index is 12.7. The van der Waals surface area contributed by atoms with Crippen molar-refractivity contribution in [3.05, 3.63) is 80.3 Å². The van der Waals surface area contributed by atoms with Crippen molar-refractivity contribution in [3.63, 3.8) is 0 Å². The van der Waals surface area contributed by atoms with Crippen LogP contribution in [0.3, 0.4) is 0 Å². The zero-order valence-electron chi connectivity index (χ0n) is 16.7. The first kappa shape index (κ1) is 21.2. The van der Waals surface area contributed by atoms with Gasteiger partial charge in [-0.05, 0) is 49.8 Å². The van der Waals surface area contributed by atoms with Crippen LogP contribution in [-0.2, 0) is 6.54 Å². The number of nitrogens with zero attached hydrogens (tertiary/aromatic N) is 2. The van der Waals surface area contributed by atoms with Gasteiger partial charge in [0.25, 0.3) is 11.5 Å². The molecule has 0 aliphatic rings. The number of aromatic hydroxyl groups is 1. The molecule has 0 spiro atoms. The number of hydrogen-bond donors (Lipinski definition) is 3. The summed E-state index contributed by atoms with van der Waals surface area (Å²) in [7, 11) is 0. The van der Waals surface area contributed by atoms with E-state index in [-0.39, 0.29) is 22.1 Å². The average Bonchev–Trinajstić information content (AvgIpc) is 2.73. The number of aromatic amines is 1. The summed E-state index contributed by atoms with van der Waals surface area (Å²) in [5.41, 5.74) is 1.89. The van der Waals surface area contributed by atoms with E-state index in [1.807, 2.05) is 38.1 Å². The van der Waals surface area contributed by atoms with Gasteiger partial charge in [0.2, 0.25) is 5.88 Å². The molecule has 2 aromatic carbocycles. The molecule has 0 unspecified atom stereocenters. The second kappa shape index (κ2) is 9.32. The molecule has 0 saturated heterocycles. The highest BCUT2D eigenvalue weighted by atomic mass is 32.1. The van der Waals surface area contributed by atoms with Crippen molar-refractivity contribution in [2.24, 2.45) is 4.99 Å². The summed E-state index contributed by atoms with van der Waals surface area (Å²) in [6.07, 6.45) is 1.97. The van der Waals surface area contributed by atoms with Gasteiger partial charge in [0.1, 0.15) is 5.56 Å². The Labute approximate surface area is 178 Å². The van der Waals surface area contributed by atoms with Gasteiger partial charge < -0.3 is 10.4 Å². The molecule has 0 bridgehead atoms. The number of nitrogens with one attached hydrogen (secondary N) is 2. The Kier molecular flexibility index (Phi) is 6.58. The fourth-order valence-corrected chi connectivity index (χ4v) is 3.14. The predicted molar refractivity (Wildman–Crippen MR) is 121 cm³/mol. The number of benzene rings is 2. The number of aryl methyl sites for hydroxylation is 1. The molecule has 8 heteroatoms. The fraction of sp³-hybridized carbons (Fsp3) is 0.182. The van der Waals surface area contributed by atoms with E-state index in [2.05, 4.69) is 15.3 Å². The summed E-state index contributed by atoms with van der Waals surface area (Å²) in [5.74, 6) is -0.581. The van der Waals surface area contributed by atoms with Crippen LogP contribution >= 0.6 is 12.2 Å². The molecule has 7 nitrogen and oxygen atoms in total. The minimum absolute atomic E-state index is 0.0224. The molecule has 0 aliphatic carbocycles. The van der Waals surface area contributed by atoms with Gasteiger partial charge in [0.05, 0.1) is 11.3 Å². The molecule has 1 aromatic heterocycles. The molecule has 30 heavy (non-hydrogen) atoms. The number of anilines is 1. The summed E-state index contributed by atoms with van der Waals surface area (Å²) in [4.78, 5) is 31.8. The van der Waals surface area contributed by atoms with E-state index < -0.39 is 5.56 Å². The Morgan fingerprint density at radius 1 is 1.23 bits per heavy atom. The van der Waals surface area contributed by atoms with Gasteiger partial charge in [-0.3, -0.25) is 24.1 Å². The van der Waals surface area contributed by atoms with Crippen LogP contribution in [0.4, 0.5) is 11.4 Å². The third kappa shape index (κ3) is 4.72. The number of rotatable bonds is 6. The molecule has 1 amide bonds. The van der Waals surface area contributed by atoms with Gasteiger partial charge in [-0.1, -0.05) is 36.8 Å². The van der Waals surface area contributed by atoms with E-state index in [4.69, 9.17) is 12.2 Å². The lowest BCUT2D eigenvalue weighted by Crippen LogP contribution is -2.18. The number of H-pyrrole nitrogens is 1. The first-order valence-electron chi connectivity index (χ1n) is 9.48. The van der Waals surface area contributed by atoms with Crippen LogP contribution in [0.15, 0.2) is 58.3 Å². The summed E-state index contributed by atoms with van der Waals surface area (Å²) < 4.78 is 1.59. The Morgan fingerprint density at radius 3 is 2.63 bits per heavy atom. The van der Waals surface area contributed by atoms with Crippen molar-refractivity contribution in [1.82, 2.24) is 9.55 Å². The molecule has 0 fully saturated rings. The minimum atomic E-state index is -0.546. The molecule has 0 saturated carbocycles. The normalized spacial score (nSPS) is 11.0. The van der Waals surface area contributed by atoms with Crippen molar-refractivity contribution < 1.29 is 9.90 Å². The smallest absolute Gasteiger partial charge is 0.264 e. The van der Waals surface area contributed by atoms with Crippen LogP contribution in [0.25, 0.3) is 0 Å². The quantitative estimate of drug-likeness (QED) is 0.407. The maximum atomic E-state index is 12.7. The lowest BCUT2D eigenvalue weighted by molar-refractivity contribution is 0.102. The monoisotopic (exact) mass is 422 g/mol. The van der Waals surface area contributed by atoms with Crippen LogP contribution in [0.1, 0.15) is 34.8 Å². The van der Waals surface area contributed by atoms with Crippen LogP contribution in [0.2, 0.25) is 0 Å². The highest BCUT2D eigenvalue weighted by molar-refractivity contribution is 7.71. The van der Waals surface area contributed by atoms with E-state index >= 15 is 0 Å². The second-order valence-corrected chi connectivity index (χ2v) is 7.13. The van der Waals surface area contributed by atoms with Gasteiger partial charge >= 0.3 is 0 Å². The van der Waals surface area contributed by atoms with Crippen molar-refractivity contribution >= 4 is 35.7 Å². The summed E-state index contributed by atoms with van der Waals surface area (Å²) in [6, 6.07) is 14.2. The van der Waals surface area contributed by atoms with E-state index in [1.54, 1.807) is 24.3 Å². The summed E-state index contributed by atoms with van der Waals surface area (Å²) in [5, 5.41) is 13.3. The third-order valence-electron chi connectivity index (χ3n) is 4.44. The van der Waals surface area contributed by atoms with Gasteiger partial charge in [-0.2, -0.15) is 0 Å². The van der Waals surface area contributed by atoms with Gasteiger partial charge in [-0.25, -0.2) is 0 Å². The molecule has 0 atom stereocenters. The molecular formula is C22H22N4O3S. The SMILES string of the molecule is CCCn1c(O)c(C=Nc2ccccc2C(=O)Nc2ccc(C)cc2)c(=O)[nH]c1=S. The lowest BCUT2D eigenvalue weighted by Gasteiger charge is -2.10. The minimum Gasteiger partial charge on any atom is -0.494 e. The van der Waals surface area contributed by atoms with E-state index in [0.717, 1.165) is 12.0 Å². The number of aromatic nitrogens is 2. The predicted octanol–water partition coefficient (Wildman–Crippen LogP) is 4.33. The Hall–Kier alpha value is -3.52. The zero-order chi connectivity index (χ0) is 21.7. The standard InChI is InChI=1S/C22H22N4O3S/c1-3-12-26-21(29)17(20(28)25-22(26)30)13-23-18-7-5-4-6-16(18)19(27)24-15-10-8-14(2)9-11-15/h4-11,13,29H,3,12H2,1-2H3,(H,24,27)(H,25,28,30). The largest absolute Gasteiger partial charge is 0.494 e. The first-order valence-corrected chi connectivity index (χ1v) is 9.88. The zero-order valence-corrected chi connectivity index (χ0v) is 17.5. The number of carbonyl (C=O) groups is 1. The highest BCUT2D eigenvalue weighted by Crippen LogP contribution is 2.21. The number of amides is 1. The van der Waals surface area contributed by atoms with E-state index in [9.17, 15) is 14.7 Å². The number of aliphatic imine (C=N–C) groups is 1. The number of hydrogen-bond acceptors (Lipinski definition) is 5. The van der Waals surface area contributed by atoms with E-state index in [1.165, 1.54) is 10.8 Å². The number of carbonyl (C=O) groups excluding carboxylic acids is 1. The summed E-state index contributed by atoms with van der Waals surface area (Å²) in [6.45, 7) is 4.36. The molecule has 3 N–H and O–H groups in total. The van der Waals surface area contributed by atoms with E-state index in [0.29, 0.717) is 23.5 Å². The Balaban J connectivity index is 1.93. The summed E-state index contributed by atoms with van der Waals surface area (Å²) >= 11 is 5.10. The number of para-hydroxylation sites is 1. The molecule has 0 radical (unpaired) electrons. The van der Waals surface area contributed by atoms with Crippen LogP contribution < -0.4 is 10.9 Å². The van der Waals surface area contributed by atoms with Crippen molar-refractivity contribution in [2.45, 2.75) is 26.8 Å². The lowest BCUT2D eigenvalue weighted by atomic mass is 10.1. The van der Waals surface area contributed by atoms with Gasteiger partial charge in [0, 0.05) is 18.4 Å². The Bertz CT molecular complexity index is 1210. The topological polar surface area (TPSA) is 99.5 Å². The van der Waals surface area contributed by atoms with Crippen LogP contribution in [-0.4, -0.2) is 26.8 Å². The van der Waals surface area contributed by atoms with Crippen molar-refractivity contribution in [2.75, 3.05) is 5.32 Å². The molecule has 3 aromatic rings. The first-order chi connectivity index (χ1) is 14.4. The van der Waals surface area contributed by atoms with Crippen LogP contribution in [0, 0.1) is 11.7 Å². The van der Waals surface area contributed by atoms with Gasteiger partial charge in [0.15, 0.2) is 4.77 Å². The molecule has 154 valence electrons.